The van der Waals surface area contributed by atoms with Gasteiger partial charge in [-0.15, -0.1) is 11.6 Å². The summed E-state index contributed by atoms with van der Waals surface area (Å²) in [5, 5.41) is 4.47. The van der Waals surface area contributed by atoms with E-state index in [0.717, 1.165) is 30.9 Å². The second-order valence-corrected chi connectivity index (χ2v) is 8.75. The van der Waals surface area contributed by atoms with Gasteiger partial charge in [-0.3, -0.25) is 4.79 Å². The number of hydrogen-bond donors (Lipinski definition) is 0. The Morgan fingerprint density at radius 2 is 2.19 bits per heavy atom. The lowest BCUT2D eigenvalue weighted by molar-refractivity contribution is -0.132. The number of carbonyl (C=O) groups is 1. The fourth-order valence-corrected chi connectivity index (χ4v) is 4.71. The van der Waals surface area contributed by atoms with Gasteiger partial charge >= 0.3 is 0 Å². The Bertz CT molecular complexity index is 873. The van der Waals surface area contributed by atoms with Crippen LogP contribution in [-0.2, 0) is 36.1 Å². The van der Waals surface area contributed by atoms with Crippen LogP contribution in [0.4, 0.5) is 0 Å². The minimum absolute atomic E-state index is 0.0113. The number of hydrogen-bond acceptors (Lipinski definition) is 3. The minimum Gasteiger partial charge on any atom is -0.332 e. The molecular formula is C21H27ClN4O. The van der Waals surface area contributed by atoms with Gasteiger partial charge in [-0.1, -0.05) is 32.0 Å². The second-order valence-electron chi connectivity index (χ2n) is 8.48. The Morgan fingerprint density at radius 3 is 2.96 bits per heavy atom. The van der Waals surface area contributed by atoms with E-state index in [1.807, 2.05) is 16.5 Å². The zero-order chi connectivity index (χ0) is 19.2. The molecule has 0 saturated heterocycles. The van der Waals surface area contributed by atoms with Gasteiger partial charge in [0.1, 0.15) is 17.5 Å². The molecule has 0 saturated carbocycles. The fourth-order valence-electron chi connectivity index (χ4n) is 4.56. The van der Waals surface area contributed by atoms with Gasteiger partial charge in [0, 0.05) is 13.0 Å². The van der Waals surface area contributed by atoms with E-state index in [2.05, 4.69) is 42.1 Å². The van der Waals surface area contributed by atoms with E-state index in [1.165, 1.54) is 23.1 Å². The highest BCUT2D eigenvalue weighted by Gasteiger charge is 2.31. The second kappa shape index (κ2) is 6.93. The predicted molar refractivity (Wildman–Crippen MR) is 106 cm³/mol. The summed E-state index contributed by atoms with van der Waals surface area (Å²) in [5.74, 6) is 1.81. The summed E-state index contributed by atoms with van der Waals surface area (Å²) < 4.78 is 1.95. The van der Waals surface area contributed by atoms with Gasteiger partial charge in [0.05, 0.1) is 12.6 Å². The molecule has 5 nitrogen and oxygen atoms in total. The van der Waals surface area contributed by atoms with Crippen molar-refractivity contribution < 1.29 is 4.79 Å². The van der Waals surface area contributed by atoms with Crippen molar-refractivity contribution in [1.82, 2.24) is 19.7 Å². The molecule has 144 valence electrons. The number of halogens is 1. The molecule has 1 atom stereocenters. The molecule has 1 aromatic heterocycles. The average Bonchev–Trinajstić information content (AvgIpc) is 3.16. The van der Waals surface area contributed by atoms with Crippen molar-refractivity contribution in [1.29, 1.82) is 0 Å². The van der Waals surface area contributed by atoms with Crippen molar-refractivity contribution in [3.8, 4) is 0 Å². The highest BCUT2D eigenvalue weighted by Crippen LogP contribution is 2.38. The van der Waals surface area contributed by atoms with Crippen molar-refractivity contribution >= 4 is 17.5 Å². The van der Waals surface area contributed by atoms with Gasteiger partial charge < -0.3 is 4.90 Å². The molecule has 2 aliphatic rings. The lowest BCUT2D eigenvalue weighted by Crippen LogP contribution is -2.45. The van der Waals surface area contributed by atoms with E-state index in [0.29, 0.717) is 13.1 Å². The van der Waals surface area contributed by atoms with Gasteiger partial charge in [0.25, 0.3) is 0 Å². The summed E-state index contributed by atoms with van der Waals surface area (Å²) in [7, 11) is 0. The summed E-state index contributed by atoms with van der Waals surface area (Å²) in [6, 6.07) is 6.82. The number of aryl methyl sites for hydroxylation is 3. The van der Waals surface area contributed by atoms with E-state index < -0.39 is 0 Å². The third-order valence-corrected chi connectivity index (χ3v) is 6.31. The Labute approximate surface area is 165 Å². The van der Waals surface area contributed by atoms with Crippen LogP contribution in [0.5, 0.6) is 0 Å². The normalized spacial score (nSPS) is 20.2. The third kappa shape index (κ3) is 3.49. The first kappa shape index (κ1) is 18.5. The van der Waals surface area contributed by atoms with E-state index in [-0.39, 0.29) is 23.2 Å². The summed E-state index contributed by atoms with van der Waals surface area (Å²) in [4.78, 5) is 19.0. The smallest absolute Gasteiger partial charge is 0.238 e. The molecule has 0 N–H and O–H groups in total. The SMILES string of the molecule is Cc1nc2n(n1)CC(N(Cc1ccc3c(c1)CCC3(C)C)C(=O)CCl)CC2. The van der Waals surface area contributed by atoms with Crippen LogP contribution in [0.2, 0.25) is 0 Å². The van der Waals surface area contributed by atoms with Crippen molar-refractivity contribution in [2.24, 2.45) is 0 Å². The quantitative estimate of drug-likeness (QED) is 0.757. The zero-order valence-electron chi connectivity index (χ0n) is 16.3. The summed E-state index contributed by atoms with van der Waals surface area (Å²) in [5.41, 5.74) is 4.31. The maximum absolute atomic E-state index is 12.6. The Kier molecular flexibility index (Phi) is 4.75. The van der Waals surface area contributed by atoms with Crippen molar-refractivity contribution in [2.75, 3.05) is 5.88 Å². The number of carbonyl (C=O) groups excluding carboxylic acids is 1. The first-order valence-corrected chi connectivity index (χ1v) is 10.3. The number of fused-ring (bicyclic) bond motifs is 2. The number of benzene rings is 1. The van der Waals surface area contributed by atoms with Gasteiger partial charge in [0.2, 0.25) is 5.91 Å². The van der Waals surface area contributed by atoms with E-state index in [9.17, 15) is 4.79 Å². The lowest BCUT2D eigenvalue weighted by atomic mass is 9.86. The van der Waals surface area contributed by atoms with Crippen LogP contribution in [0, 0.1) is 6.92 Å². The third-order valence-electron chi connectivity index (χ3n) is 6.09. The van der Waals surface area contributed by atoms with Gasteiger partial charge in [-0.2, -0.15) is 5.10 Å². The first-order valence-electron chi connectivity index (χ1n) is 9.75. The van der Waals surface area contributed by atoms with Crippen LogP contribution in [0.1, 0.15) is 55.0 Å². The molecule has 1 aromatic carbocycles. The molecule has 1 aliphatic heterocycles. The van der Waals surface area contributed by atoms with Gasteiger partial charge in [-0.05, 0) is 48.3 Å². The molecule has 1 unspecified atom stereocenters. The maximum atomic E-state index is 12.6. The number of amides is 1. The van der Waals surface area contributed by atoms with E-state index >= 15 is 0 Å². The van der Waals surface area contributed by atoms with Crippen LogP contribution >= 0.6 is 11.6 Å². The molecule has 27 heavy (non-hydrogen) atoms. The Morgan fingerprint density at radius 1 is 1.37 bits per heavy atom. The minimum atomic E-state index is -0.0113. The molecule has 0 bridgehead atoms. The molecular weight excluding hydrogens is 360 g/mol. The van der Waals surface area contributed by atoms with Gasteiger partial charge in [-0.25, -0.2) is 9.67 Å². The number of rotatable bonds is 4. The standard InChI is InChI=1S/C21H27ClN4O/c1-14-23-19-7-5-17(13-26(19)24-14)25(20(27)11-22)12-15-4-6-18-16(10-15)8-9-21(18,2)3/h4,6,10,17H,5,7-9,11-13H2,1-3H3. The highest BCUT2D eigenvalue weighted by atomic mass is 35.5. The molecule has 2 aromatic rings. The van der Waals surface area contributed by atoms with Gasteiger partial charge in [0.15, 0.2) is 0 Å². The molecule has 1 amide bonds. The summed E-state index contributed by atoms with van der Waals surface area (Å²) in [6.07, 6.45) is 4.05. The Balaban J connectivity index is 1.56. The number of aromatic nitrogens is 3. The summed E-state index contributed by atoms with van der Waals surface area (Å²) in [6.45, 7) is 7.82. The topological polar surface area (TPSA) is 51.0 Å². The molecule has 0 spiro atoms. The average molecular weight is 387 g/mol. The highest BCUT2D eigenvalue weighted by molar-refractivity contribution is 6.27. The molecule has 1 aliphatic carbocycles. The van der Waals surface area contributed by atoms with Crippen LogP contribution in [-0.4, -0.2) is 37.5 Å². The zero-order valence-corrected chi connectivity index (χ0v) is 17.1. The van der Waals surface area contributed by atoms with E-state index in [4.69, 9.17) is 11.6 Å². The number of nitrogens with zero attached hydrogens (tertiary/aromatic N) is 4. The molecule has 2 heterocycles. The van der Waals surface area contributed by atoms with E-state index in [1.54, 1.807) is 0 Å². The van der Waals surface area contributed by atoms with Crippen LogP contribution in [0.25, 0.3) is 0 Å². The molecule has 6 heteroatoms. The largest absolute Gasteiger partial charge is 0.332 e. The van der Waals surface area contributed by atoms with Crippen LogP contribution < -0.4 is 0 Å². The van der Waals surface area contributed by atoms with Crippen LogP contribution in [0.3, 0.4) is 0 Å². The number of alkyl halides is 1. The molecule has 4 rings (SSSR count). The monoisotopic (exact) mass is 386 g/mol. The fraction of sp³-hybridized carbons (Fsp3) is 0.571. The Hall–Kier alpha value is -1.88. The summed E-state index contributed by atoms with van der Waals surface area (Å²) >= 11 is 5.94. The van der Waals surface area contributed by atoms with Crippen molar-refractivity contribution in [3.05, 3.63) is 46.5 Å². The lowest BCUT2D eigenvalue weighted by Gasteiger charge is -2.34. The predicted octanol–water partition coefficient (Wildman–Crippen LogP) is 3.39. The molecule has 0 fully saturated rings. The molecule has 0 radical (unpaired) electrons. The van der Waals surface area contributed by atoms with Crippen LogP contribution in [0.15, 0.2) is 18.2 Å². The van der Waals surface area contributed by atoms with Crippen molar-refractivity contribution in [2.45, 2.75) is 71.0 Å². The first-order chi connectivity index (χ1) is 12.9. The maximum Gasteiger partial charge on any atom is 0.238 e. The van der Waals surface area contributed by atoms with Crippen molar-refractivity contribution in [3.63, 3.8) is 0 Å².